The molecule has 3 aliphatic rings. The van der Waals surface area contributed by atoms with Gasteiger partial charge in [-0.2, -0.15) is 10.1 Å². The number of amides is 4. The van der Waals surface area contributed by atoms with E-state index in [0.717, 1.165) is 42.2 Å². The van der Waals surface area contributed by atoms with Crippen molar-refractivity contribution in [2.24, 2.45) is 7.05 Å². The zero-order valence-electron chi connectivity index (χ0n) is 18.3. The quantitative estimate of drug-likeness (QED) is 0.552. The zero-order valence-corrected chi connectivity index (χ0v) is 18.3. The first-order valence-electron chi connectivity index (χ1n) is 11.1. The second-order valence-corrected chi connectivity index (χ2v) is 8.64. The summed E-state index contributed by atoms with van der Waals surface area (Å²) in [6.45, 7) is 2.28. The average molecular weight is 451 g/mol. The molecule has 2 aromatic rings. The normalized spacial score (nSPS) is 23.0. The third-order valence-corrected chi connectivity index (χ3v) is 6.40. The number of nitrogens with one attached hydrogen (secondary N) is 3. The number of fused-ring (bicyclic) bond motifs is 1. The fraction of sp³-hybridized carbons (Fsp3) is 0.455. The molecule has 11 heteroatoms. The van der Waals surface area contributed by atoms with Crippen LogP contribution < -0.4 is 16.0 Å². The molecule has 0 radical (unpaired) electrons. The Bertz CT molecular complexity index is 1150. The number of anilines is 1. The molecule has 0 aliphatic carbocycles. The van der Waals surface area contributed by atoms with Gasteiger partial charge in [0, 0.05) is 32.5 Å². The Labute approximate surface area is 189 Å². The maximum absolute atomic E-state index is 13.0. The van der Waals surface area contributed by atoms with E-state index in [0.29, 0.717) is 18.4 Å². The highest BCUT2D eigenvalue weighted by Crippen LogP contribution is 2.28. The second-order valence-electron chi connectivity index (χ2n) is 8.64. The van der Waals surface area contributed by atoms with Crippen molar-refractivity contribution in [1.82, 2.24) is 30.3 Å². The molecular weight excluding hydrogens is 426 g/mol. The number of imide groups is 2. The molecule has 0 spiro atoms. The third kappa shape index (κ3) is 3.88. The van der Waals surface area contributed by atoms with Crippen LogP contribution in [0.4, 0.5) is 5.95 Å². The lowest BCUT2D eigenvalue weighted by Crippen LogP contribution is -2.54. The van der Waals surface area contributed by atoms with Crippen LogP contribution in [-0.2, 0) is 23.2 Å². The van der Waals surface area contributed by atoms with Crippen molar-refractivity contribution in [3.63, 3.8) is 0 Å². The van der Waals surface area contributed by atoms with Crippen LogP contribution >= 0.6 is 0 Å². The number of hydrogen-bond donors (Lipinski definition) is 3. The Kier molecular flexibility index (Phi) is 5.41. The third-order valence-electron chi connectivity index (χ3n) is 6.40. The lowest BCUT2D eigenvalue weighted by atomic mass is 9.99. The van der Waals surface area contributed by atoms with E-state index in [9.17, 15) is 19.2 Å². The number of aromatic nitrogens is 3. The van der Waals surface area contributed by atoms with Gasteiger partial charge in [0.15, 0.2) is 5.82 Å². The molecule has 3 aliphatic heterocycles. The summed E-state index contributed by atoms with van der Waals surface area (Å²) in [5.74, 6) is -0.310. The summed E-state index contributed by atoms with van der Waals surface area (Å²) in [6.07, 6.45) is 2.38. The SMILES string of the molecule is Cn1nc(C2CCCNC2)nc1NCc1ccc2c(c1)C(=O)N(C1CCC(=O)NC1=O)C2=O. The Hall–Kier alpha value is -3.60. The van der Waals surface area contributed by atoms with E-state index in [4.69, 9.17) is 0 Å². The summed E-state index contributed by atoms with van der Waals surface area (Å²) in [4.78, 5) is 55.0. The zero-order chi connectivity index (χ0) is 23.1. The molecule has 11 nitrogen and oxygen atoms in total. The van der Waals surface area contributed by atoms with Crippen molar-refractivity contribution >= 4 is 29.6 Å². The molecular formula is C22H25N7O4. The van der Waals surface area contributed by atoms with E-state index in [-0.39, 0.29) is 24.0 Å². The van der Waals surface area contributed by atoms with Crippen molar-refractivity contribution in [1.29, 1.82) is 0 Å². The number of nitrogens with zero attached hydrogens (tertiary/aromatic N) is 4. The van der Waals surface area contributed by atoms with Crippen molar-refractivity contribution < 1.29 is 19.2 Å². The summed E-state index contributed by atoms with van der Waals surface area (Å²) in [7, 11) is 1.83. The van der Waals surface area contributed by atoms with Gasteiger partial charge in [0.25, 0.3) is 11.8 Å². The highest BCUT2D eigenvalue weighted by Gasteiger charge is 2.44. The number of benzene rings is 1. The first-order valence-corrected chi connectivity index (χ1v) is 11.1. The monoisotopic (exact) mass is 451 g/mol. The van der Waals surface area contributed by atoms with Gasteiger partial charge in [-0.15, -0.1) is 0 Å². The predicted octanol–water partition coefficient (Wildman–Crippen LogP) is 0.295. The van der Waals surface area contributed by atoms with Gasteiger partial charge in [0.1, 0.15) is 6.04 Å². The number of piperidine rings is 2. The smallest absolute Gasteiger partial charge is 0.262 e. The summed E-state index contributed by atoms with van der Waals surface area (Å²) in [6, 6.07) is 4.07. The lowest BCUT2D eigenvalue weighted by Gasteiger charge is -2.27. The summed E-state index contributed by atoms with van der Waals surface area (Å²) in [5, 5.41) is 13.4. The molecule has 1 aromatic carbocycles. The number of carbonyl (C=O) groups excluding carboxylic acids is 4. The summed E-state index contributed by atoms with van der Waals surface area (Å²) >= 11 is 0. The van der Waals surface area contributed by atoms with Gasteiger partial charge in [-0.3, -0.25) is 29.4 Å². The molecule has 172 valence electrons. The minimum Gasteiger partial charge on any atom is -0.350 e. The average Bonchev–Trinajstić information content (AvgIpc) is 3.30. The second kappa shape index (κ2) is 8.39. The van der Waals surface area contributed by atoms with Crippen molar-refractivity contribution in [3.05, 3.63) is 40.7 Å². The van der Waals surface area contributed by atoms with Gasteiger partial charge in [-0.05, 0) is 43.5 Å². The highest BCUT2D eigenvalue weighted by atomic mass is 16.2. The van der Waals surface area contributed by atoms with Crippen LogP contribution in [0, 0.1) is 0 Å². The lowest BCUT2D eigenvalue weighted by molar-refractivity contribution is -0.136. The van der Waals surface area contributed by atoms with Crippen LogP contribution in [-0.4, -0.2) is 62.4 Å². The predicted molar refractivity (Wildman–Crippen MR) is 116 cm³/mol. The molecule has 4 heterocycles. The fourth-order valence-corrected chi connectivity index (χ4v) is 4.61. The standard InChI is InChI=1S/C22H25N7O4/c1-28-22(26-18(27-28)13-3-2-8-23-11-13)24-10-12-4-5-14-15(9-12)21(33)29(20(14)32)16-6-7-17(30)25-19(16)31/h4-5,9,13,16,23H,2-3,6-8,10-11H2,1H3,(H,24,26,27)(H,25,30,31). The number of carbonyl (C=O) groups is 4. The molecule has 4 amide bonds. The van der Waals surface area contributed by atoms with Crippen molar-refractivity contribution in [2.45, 2.75) is 44.2 Å². The molecule has 2 saturated heterocycles. The Morgan fingerprint density at radius 1 is 1.12 bits per heavy atom. The van der Waals surface area contributed by atoms with E-state index in [1.807, 2.05) is 7.05 Å². The topological polar surface area (TPSA) is 138 Å². The first kappa shape index (κ1) is 21.3. The number of hydrogen-bond acceptors (Lipinski definition) is 8. The highest BCUT2D eigenvalue weighted by molar-refractivity contribution is 6.23. The van der Waals surface area contributed by atoms with Crippen LogP contribution in [0.3, 0.4) is 0 Å². The van der Waals surface area contributed by atoms with Gasteiger partial charge in [-0.25, -0.2) is 4.68 Å². The van der Waals surface area contributed by atoms with Crippen molar-refractivity contribution in [2.75, 3.05) is 18.4 Å². The molecule has 33 heavy (non-hydrogen) atoms. The molecule has 0 bridgehead atoms. The van der Waals surface area contributed by atoms with Crippen molar-refractivity contribution in [3.8, 4) is 0 Å². The Balaban J connectivity index is 1.30. The van der Waals surface area contributed by atoms with Crippen LogP contribution in [0.2, 0.25) is 0 Å². The molecule has 5 rings (SSSR count). The molecule has 0 saturated carbocycles. The summed E-state index contributed by atoms with van der Waals surface area (Å²) < 4.78 is 1.71. The minimum absolute atomic E-state index is 0.0928. The maximum Gasteiger partial charge on any atom is 0.262 e. The molecule has 3 N–H and O–H groups in total. The van der Waals surface area contributed by atoms with E-state index in [2.05, 4.69) is 26.0 Å². The maximum atomic E-state index is 13.0. The van der Waals surface area contributed by atoms with Gasteiger partial charge in [0.2, 0.25) is 17.8 Å². The van der Waals surface area contributed by atoms with Crippen LogP contribution in [0.5, 0.6) is 0 Å². The van der Waals surface area contributed by atoms with Gasteiger partial charge in [0.05, 0.1) is 11.1 Å². The summed E-state index contributed by atoms with van der Waals surface area (Å²) in [5.41, 5.74) is 1.32. The first-order chi connectivity index (χ1) is 15.9. The largest absolute Gasteiger partial charge is 0.350 e. The Morgan fingerprint density at radius 2 is 1.94 bits per heavy atom. The fourth-order valence-electron chi connectivity index (χ4n) is 4.61. The van der Waals surface area contributed by atoms with Gasteiger partial charge in [-0.1, -0.05) is 6.07 Å². The number of aryl methyl sites for hydroxylation is 1. The van der Waals surface area contributed by atoms with Crippen LogP contribution in [0.25, 0.3) is 0 Å². The van der Waals surface area contributed by atoms with E-state index < -0.39 is 29.7 Å². The van der Waals surface area contributed by atoms with Gasteiger partial charge < -0.3 is 10.6 Å². The Morgan fingerprint density at radius 3 is 2.70 bits per heavy atom. The molecule has 2 fully saturated rings. The molecule has 2 atom stereocenters. The van der Waals surface area contributed by atoms with Gasteiger partial charge >= 0.3 is 0 Å². The molecule has 1 aromatic heterocycles. The molecule has 2 unspecified atom stereocenters. The number of rotatable bonds is 5. The van der Waals surface area contributed by atoms with Crippen LogP contribution in [0.15, 0.2) is 18.2 Å². The van der Waals surface area contributed by atoms with E-state index in [1.165, 1.54) is 0 Å². The van der Waals surface area contributed by atoms with Crippen LogP contribution in [0.1, 0.15) is 63.7 Å². The minimum atomic E-state index is -0.969. The van der Waals surface area contributed by atoms with E-state index >= 15 is 0 Å². The van der Waals surface area contributed by atoms with E-state index in [1.54, 1.807) is 22.9 Å².